The summed E-state index contributed by atoms with van der Waals surface area (Å²) in [5.74, 6) is 0.0220. The van der Waals surface area contributed by atoms with E-state index in [-0.39, 0.29) is 10.7 Å². The van der Waals surface area contributed by atoms with Gasteiger partial charge in [-0.2, -0.15) is 0 Å². The lowest BCUT2D eigenvalue weighted by atomic mass is 10.1. The summed E-state index contributed by atoms with van der Waals surface area (Å²) in [4.78, 5) is 11.5. The zero-order valence-electron chi connectivity index (χ0n) is 10.5. The molecule has 1 amide bonds. The van der Waals surface area contributed by atoms with Crippen LogP contribution in [-0.4, -0.2) is 10.7 Å². The molecule has 94 valence electrons. The number of carbonyl (C=O) groups excluding carboxylic acids is 1. The largest absolute Gasteiger partial charge is 0.325 e. The molecule has 0 bridgehead atoms. The highest BCUT2D eigenvalue weighted by molar-refractivity contribution is 9.10. The maximum Gasteiger partial charge on any atom is 0.238 e. The summed E-state index contributed by atoms with van der Waals surface area (Å²) in [5, 5.41) is 2.89. The Morgan fingerprint density at radius 1 is 1.29 bits per heavy atom. The number of carbonyl (C=O) groups is 1. The second-order valence-corrected chi connectivity index (χ2v) is 5.27. The Kier molecular flexibility index (Phi) is 6.27. The van der Waals surface area contributed by atoms with Gasteiger partial charge in [-0.15, -0.1) is 0 Å². The average molecular weight is 298 g/mol. The second-order valence-electron chi connectivity index (χ2n) is 4.17. The Hall–Kier alpha value is -0.830. The maximum atomic E-state index is 11.6. The zero-order chi connectivity index (χ0) is 12.7. The summed E-state index contributed by atoms with van der Waals surface area (Å²) in [6, 6.07) is 8.11. The van der Waals surface area contributed by atoms with E-state index < -0.39 is 0 Å². The minimum atomic E-state index is -0.109. The Labute approximate surface area is 112 Å². The van der Waals surface area contributed by atoms with Crippen LogP contribution in [0.4, 0.5) is 5.69 Å². The van der Waals surface area contributed by atoms with Crippen LogP contribution >= 0.6 is 15.9 Å². The number of alkyl halides is 1. The molecule has 0 radical (unpaired) electrons. The van der Waals surface area contributed by atoms with Gasteiger partial charge in [0.15, 0.2) is 0 Å². The minimum Gasteiger partial charge on any atom is -0.325 e. The molecule has 0 fully saturated rings. The van der Waals surface area contributed by atoms with Crippen molar-refractivity contribution >= 4 is 27.5 Å². The summed E-state index contributed by atoms with van der Waals surface area (Å²) in [6.45, 7) is 4.17. The molecule has 1 aromatic rings. The van der Waals surface area contributed by atoms with Crippen molar-refractivity contribution < 1.29 is 4.79 Å². The molecule has 17 heavy (non-hydrogen) atoms. The standard InChI is InChI=1S/C14H20BrNO/c1-3-5-6-11-7-9-12(10-8-11)16-14(17)13(15)4-2/h7-10,13H,3-6H2,1-2H3,(H,16,17). The van der Waals surface area contributed by atoms with E-state index in [2.05, 4.69) is 40.3 Å². The molecule has 0 aromatic heterocycles. The predicted octanol–water partition coefficient (Wildman–Crippen LogP) is 4.14. The van der Waals surface area contributed by atoms with Crippen molar-refractivity contribution in [1.82, 2.24) is 0 Å². The number of hydrogen-bond donors (Lipinski definition) is 1. The number of halogens is 1. The summed E-state index contributed by atoms with van der Waals surface area (Å²) < 4.78 is 0. The zero-order valence-corrected chi connectivity index (χ0v) is 12.1. The van der Waals surface area contributed by atoms with Crippen LogP contribution in [0.1, 0.15) is 38.7 Å². The first kappa shape index (κ1) is 14.2. The van der Waals surface area contributed by atoms with Crippen LogP contribution in [0.3, 0.4) is 0 Å². The molecule has 1 N–H and O–H groups in total. The first-order chi connectivity index (χ1) is 8.17. The Balaban J connectivity index is 2.53. The molecular formula is C14H20BrNO. The molecule has 0 heterocycles. The van der Waals surface area contributed by atoms with Crippen molar-refractivity contribution in [2.75, 3.05) is 5.32 Å². The summed E-state index contributed by atoms with van der Waals surface area (Å²) in [6.07, 6.45) is 4.33. The van der Waals surface area contributed by atoms with E-state index in [9.17, 15) is 4.79 Å². The smallest absolute Gasteiger partial charge is 0.238 e. The van der Waals surface area contributed by atoms with Gasteiger partial charge >= 0.3 is 0 Å². The number of amides is 1. The third-order valence-electron chi connectivity index (χ3n) is 2.68. The third kappa shape index (κ3) is 4.90. The molecule has 1 aromatic carbocycles. The SMILES string of the molecule is CCCCc1ccc(NC(=O)C(Br)CC)cc1. The van der Waals surface area contributed by atoms with Crippen LogP contribution in [-0.2, 0) is 11.2 Å². The van der Waals surface area contributed by atoms with Crippen LogP contribution in [0.2, 0.25) is 0 Å². The van der Waals surface area contributed by atoms with Crippen LogP contribution in [0.25, 0.3) is 0 Å². The number of benzene rings is 1. The van der Waals surface area contributed by atoms with Gasteiger partial charge in [0.2, 0.25) is 5.91 Å². The fourth-order valence-corrected chi connectivity index (χ4v) is 1.66. The molecule has 1 atom stereocenters. The molecule has 1 unspecified atom stereocenters. The maximum absolute atomic E-state index is 11.6. The van der Waals surface area contributed by atoms with Crippen molar-refractivity contribution in [3.63, 3.8) is 0 Å². The Morgan fingerprint density at radius 2 is 1.94 bits per heavy atom. The molecule has 3 heteroatoms. The summed E-state index contributed by atoms with van der Waals surface area (Å²) in [7, 11) is 0. The number of hydrogen-bond acceptors (Lipinski definition) is 1. The van der Waals surface area contributed by atoms with Crippen LogP contribution in [0.5, 0.6) is 0 Å². The molecule has 1 rings (SSSR count). The fraction of sp³-hybridized carbons (Fsp3) is 0.500. The quantitative estimate of drug-likeness (QED) is 0.786. The number of nitrogens with one attached hydrogen (secondary N) is 1. The molecule has 2 nitrogen and oxygen atoms in total. The highest BCUT2D eigenvalue weighted by atomic mass is 79.9. The lowest BCUT2D eigenvalue weighted by Crippen LogP contribution is -2.21. The highest BCUT2D eigenvalue weighted by Crippen LogP contribution is 2.14. The lowest BCUT2D eigenvalue weighted by molar-refractivity contribution is -0.115. The van der Waals surface area contributed by atoms with Crippen LogP contribution in [0.15, 0.2) is 24.3 Å². The molecule has 0 spiro atoms. The van der Waals surface area contributed by atoms with E-state index in [1.807, 2.05) is 19.1 Å². The van der Waals surface area contributed by atoms with Gasteiger partial charge in [0.05, 0.1) is 4.83 Å². The predicted molar refractivity (Wildman–Crippen MR) is 76.7 cm³/mol. The first-order valence-corrected chi connectivity index (χ1v) is 7.12. The normalized spacial score (nSPS) is 12.2. The average Bonchev–Trinajstić information content (AvgIpc) is 2.37. The topological polar surface area (TPSA) is 29.1 Å². The van der Waals surface area contributed by atoms with Crippen molar-refractivity contribution in [3.05, 3.63) is 29.8 Å². The van der Waals surface area contributed by atoms with Gasteiger partial charge in [0, 0.05) is 5.69 Å². The highest BCUT2D eigenvalue weighted by Gasteiger charge is 2.11. The van der Waals surface area contributed by atoms with Gasteiger partial charge in [-0.1, -0.05) is 48.3 Å². The molecular weight excluding hydrogens is 278 g/mol. The van der Waals surface area contributed by atoms with E-state index in [0.717, 1.165) is 18.5 Å². The van der Waals surface area contributed by atoms with Crippen molar-refractivity contribution in [2.45, 2.75) is 44.4 Å². The number of rotatable bonds is 6. The molecule has 0 aliphatic rings. The molecule has 0 aliphatic heterocycles. The van der Waals surface area contributed by atoms with Gasteiger partial charge in [0.25, 0.3) is 0 Å². The Morgan fingerprint density at radius 3 is 2.47 bits per heavy atom. The summed E-state index contributed by atoms with van der Waals surface area (Å²) >= 11 is 3.34. The van der Waals surface area contributed by atoms with Crippen molar-refractivity contribution in [2.24, 2.45) is 0 Å². The van der Waals surface area contributed by atoms with E-state index in [1.54, 1.807) is 0 Å². The number of aryl methyl sites for hydroxylation is 1. The third-order valence-corrected chi connectivity index (χ3v) is 3.75. The lowest BCUT2D eigenvalue weighted by Gasteiger charge is -2.09. The fourth-order valence-electron chi connectivity index (χ4n) is 1.54. The second kappa shape index (κ2) is 7.49. The van der Waals surface area contributed by atoms with Gasteiger partial charge in [-0.05, 0) is 37.0 Å². The van der Waals surface area contributed by atoms with Gasteiger partial charge in [0.1, 0.15) is 0 Å². The van der Waals surface area contributed by atoms with Gasteiger partial charge in [-0.25, -0.2) is 0 Å². The molecule has 0 saturated heterocycles. The van der Waals surface area contributed by atoms with E-state index >= 15 is 0 Å². The van der Waals surface area contributed by atoms with Gasteiger partial charge < -0.3 is 5.32 Å². The van der Waals surface area contributed by atoms with Crippen LogP contribution < -0.4 is 5.32 Å². The minimum absolute atomic E-state index is 0.0220. The summed E-state index contributed by atoms with van der Waals surface area (Å²) in [5.41, 5.74) is 2.20. The van der Waals surface area contributed by atoms with E-state index in [4.69, 9.17) is 0 Å². The van der Waals surface area contributed by atoms with Crippen LogP contribution in [0, 0.1) is 0 Å². The van der Waals surface area contributed by atoms with E-state index in [0.29, 0.717) is 0 Å². The number of anilines is 1. The number of unbranched alkanes of at least 4 members (excludes halogenated alkanes) is 1. The molecule has 0 aliphatic carbocycles. The van der Waals surface area contributed by atoms with Crippen molar-refractivity contribution in [1.29, 1.82) is 0 Å². The van der Waals surface area contributed by atoms with Crippen molar-refractivity contribution in [3.8, 4) is 0 Å². The Bertz CT molecular complexity index is 348. The van der Waals surface area contributed by atoms with E-state index in [1.165, 1.54) is 18.4 Å². The monoisotopic (exact) mass is 297 g/mol. The molecule has 0 saturated carbocycles. The van der Waals surface area contributed by atoms with Gasteiger partial charge in [-0.3, -0.25) is 4.79 Å². The first-order valence-electron chi connectivity index (χ1n) is 6.21.